The number of nitrogens with one attached hydrogen (secondary N) is 3. The molecule has 34 heteroatoms. The SMILES string of the molecule is CC[C@H](C)[C@@H]1NC(=O)[C@H](CC(C)C)N(C)C(=O)C[C@@H](C(=O)N2CCOCC2)N(C)C(=O)[C@H](C2CCCC2)N(C)C(=O)C2(CCC2)NC(=O)[C@@H]2[C@@H](O)CCN2C(=O)[C@H](CCC2CC(F)C(C(F)(F)F)C(F)C2)NC(=O)CN(C)C(=O)[C@H](CC2CCC(C(F)(F)F)CC2)N2CCCC[C@@H](C2=O)N(C)C(=O)CN(C)C1=O. The van der Waals surface area contributed by atoms with Crippen LogP contribution in [-0.4, -0.2) is 300 Å². The summed E-state index contributed by atoms with van der Waals surface area (Å²) in [5, 5.41) is 20.0. The molecule has 12 atom stereocenters. The van der Waals surface area contributed by atoms with Gasteiger partial charge in [0.1, 0.15) is 72.1 Å². The number of alkyl halides is 8. The number of carbonyl (C=O) groups excluding carboxylic acids is 12. The summed E-state index contributed by atoms with van der Waals surface area (Å²) in [6.07, 6.45) is -17.2. The van der Waals surface area contributed by atoms with Gasteiger partial charge in [0.05, 0.1) is 44.7 Å². The molecule has 0 aromatic carbocycles. The fourth-order valence-corrected chi connectivity index (χ4v) is 17.5. The summed E-state index contributed by atoms with van der Waals surface area (Å²) in [5.74, 6) is -17.4. The third kappa shape index (κ3) is 20.4. The van der Waals surface area contributed by atoms with E-state index in [4.69, 9.17) is 4.74 Å². The van der Waals surface area contributed by atoms with Gasteiger partial charge < -0.3 is 69.9 Å². The maximum atomic E-state index is 15.7. The molecule has 0 radical (unpaired) electrons. The first-order chi connectivity index (χ1) is 50.7. The van der Waals surface area contributed by atoms with E-state index >= 15 is 47.1 Å². The van der Waals surface area contributed by atoms with Crippen molar-refractivity contribution in [3.63, 3.8) is 0 Å². The van der Waals surface area contributed by atoms with E-state index in [0.29, 0.717) is 44.9 Å². The van der Waals surface area contributed by atoms with Gasteiger partial charge in [-0.15, -0.1) is 0 Å². The van der Waals surface area contributed by atoms with E-state index in [1.54, 1.807) is 13.8 Å². The van der Waals surface area contributed by atoms with Crippen LogP contribution in [0.5, 0.6) is 0 Å². The van der Waals surface area contributed by atoms with Gasteiger partial charge in [-0.1, -0.05) is 47.0 Å². The van der Waals surface area contributed by atoms with Crippen LogP contribution in [0.25, 0.3) is 0 Å². The molecule has 1 spiro atoms. The van der Waals surface area contributed by atoms with Crippen molar-refractivity contribution in [1.82, 2.24) is 60.0 Å². The molecule has 12 amide bonds. The van der Waals surface area contributed by atoms with Gasteiger partial charge in [0.25, 0.3) is 0 Å². The molecule has 4 aliphatic heterocycles. The number of carbonyl (C=O) groups is 12. The lowest BCUT2D eigenvalue weighted by Crippen LogP contribution is -2.69. The molecule has 4 N–H and O–H groups in total. The number of hydrogen-bond donors (Lipinski definition) is 4. The molecule has 0 aromatic heterocycles. The summed E-state index contributed by atoms with van der Waals surface area (Å²) in [7, 11) is 7.98. The van der Waals surface area contributed by atoms with Crippen molar-refractivity contribution in [2.75, 3.05) is 94.8 Å². The van der Waals surface area contributed by atoms with Gasteiger partial charge in [0.15, 0.2) is 0 Å². The number of morpholine rings is 1. The van der Waals surface area contributed by atoms with E-state index in [9.17, 15) is 50.6 Å². The second-order valence-corrected chi connectivity index (χ2v) is 32.4. The Bertz CT molecular complexity index is 3210. The van der Waals surface area contributed by atoms with Crippen molar-refractivity contribution in [3.05, 3.63) is 0 Å². The van der Waals surface area contributed by atoms with Crippen LogP contribution in [0.3, 0.4) is 0 Å². The third-order valence-corrected chi connectivity index (χ3v) is 24.5. The van der Waals surface area contributed by atoms with Crippen LogP contribution in [0.15, 0.2) is 0 Å². The lowest BCUT2D eigenvalue weighted by atomic mass is 9.74. The zero-order valence-corrected chi connectivity index (χ0v) is 64.1. The number of aliphatic hydroxyl groups is 1. The highest BCUT2D eigenvalue weighted by atomic mass is 19.4. The second-order valence-electron chi connectivity index (χ2n) is 32.4. The number of likely N-dealkylation sites (N-methyl/N-ethyl adjacent to an activating group) is 6. The molecular formula is C74H114F8N12O14. The fourth-order valence-electron chi connectivity index (χ4n) is 17.5. The lowest BCUT2D eigenvalue weighted by Gasteiger charge is -2.47. The second kappa shape index (κ2) is 36.9. The minimum atomic E-state index is -5.23. The highest BCUT2D eigenvalue weighted by molar-refractivity contribution is 6.01. The molecule has 8 aliphatic rings. The summed E-state index contributed by atoms with van der Waals surface area (Å²) >= 11 is 0. The van der Waals surface area contributed by atoms with Crippen LogP contribution in [0.2, 0.25) is 0 Å². The molecule has 610 valence electrons. The van der Waals surface area contributed by atoms with Crippen molar-refractivity contribution < 1.29 is 103 Å². The highest BCUT2D eigenvalue weighted by Crippen LogP contribution is 2.46. The van der Waals surface area contributed by atoms with Crippen LogP contribution in [0, 0.1) is 41.4 Å². The monoisotopic (exact) mass is 1550 g/mol. The van der Waals surface area contributed by atoms with Crippen molar-refractivity contribution in [3.8, 4) is 0 Å². The Labute approximate surface area is 627 Å². The number of ether oxygens (including phenoxy) is 1. The van der Waals surface area contributed by atoms with Crippen molar-refractivity contribution in [2.45, 2.75) is 260 Å². The third-order valence-electron chi connectivity index (χ3n) is 24.5. The van der Waals surface area contributed by atoms with Crippen LogP contribution < -0.4 is 16.0 Å². The minimum Gasteiger partial charge on any atom is -0.390 e. The smallest absolute Gasteiger partial charge is 0.390 e. The number of fused-ring (bicyclic) bond motifs is 3. The van der Waals surface area contributed by atoms with Gasteiger partial charge in [-0.2, -0.15) is 26.3 Å². The molecule has 4 aliphatic carbocycles. The Morgan fingerprint density at radius 1 is 0.593 bits per heavy atom. The Kier molecular flexibility index (Phi) is 29.6. The maximum absolute atomic E-state index is 15.7. The average molecular weight is 1550 g/mol. The molecule has 4 saturated carbocycles. The van der Waals surface area contributed by atoms with E-state index in [0.717, 1.165) is 24.5 Å². The summed E-state index contributed by atoms with van der Waals surface area (Å²) < 4.78 is 120. The molecule has 108 heavy (non-hydrogen) atoms. The van der Waals surface area contributed by atoms with Crippen LogP contribution in [-0.2, 0) is 62.3 Å². The van der Waals surface area contributed by atoms with Crippen molar-refractivity contribution in [1.29, 1.82) is 0 Å². The molecule has 2 unspecified atom stereocenters. The largest absolute Gasteiger partial charge is 0.397 e. The van der Waals surface area contributed by atoms with E-state index in [-0.39, 0.29) is 122 Å². The van der Waals surface area contributed by atoms with Gasteiger partial charge >= 0.3 is 12.4 Å². The number of aliphatic hydroxyl groups excluding tert-OH is 1. The number of rotatable bonds is 11. The molecule has 4 heterocycles. The molecule has 0 aromatic rings. The Morgan fingerprint density at radius 3 is 1.78 bits per heavy atom. The number of halogens is 8. The average Bonchev–Trinajstić information content (AvgIpc) is 0.949. The zero-order chi connectivity index (χ0) is 79.8. The van der Waals surface area contributed by atoms with Crippen LogP contribution in [0.1, 0.15) is 175 Å². The van der Waals surface area contributed by atoms with Gasteiger partial charge in [-0.25, -0.2) is 8.78 Å². The van der Waals surface area contributed by atoms with Crippen molar-refractivity contribution in [2.24, 2.45) is 41.4 Å². The van der Waals surface area contributed by atoms with E-state index in [2.05, 4.69) is 16.0 Å². The maximum Gasteiger partial charge on any atom is 0.397 e. The van der Waals surface area contributed by atoms with E-state index in [1.165, 1.54) is 61.9 Å². The Balaban J connectivity index is 1.19. The number of amides is 12. The van der Waals surface area contributed by atoms with Crippen LogP contribution in [0.4, 0.5) is 35.1 Å². The van der Waals surface area contributed by atoms with E-state index in [1.807, 2.05) is 13.8 Å². The first kappa shape index (κ1) is 86.6. The van der Waals surface area contributed by atoms with Gasteiger partial charge in [-0.05, 0) is 152 Å². The van der Waals surface area contributed by atoms with Crippen LogP contribution >= 0.6 is 0 Å². The quantitative estimate of drug-likeness (QED) is 0.200. The number of nitrogens with zero attached hydrogens (tertiary/aromatic N) is 9. The standard InChI is InChI=1S/C74H114F8N12O14/c1-11-43(4)60-69(105)87(6)41-58(98)88(7)51-19-14-15-29-93(68(51)104)54(38-44-20-23-47(24-21-44)73(77,78)79)66(102)86(5)40-56(96)83-50(25-22-45-36-48(75)59(49(76)37-45)74(80,81)82)65(101)94-30-26-55(95)62(94)64(100)85-72(27-16-28-72)71(107)91(10)61(46-17-12-13-18-46)70(106)90(9)53(67(103)92-31-33-108-34-32-92)39-57(97)89(8)52(35-42(2)3)63(99)84-60/h42-55,59-62,95H,11-41H2,1-10H3,(H,83,96)(H,84,99)(H,85,100)/t43-,44?,45?,47?,48?,49?,50-,51-,52-,53-,54-,55-,59?,60-,61-,62-/m0/s1. The molecule has 4 saturated heterocycles. The molecule has 8 fully saturated rings. The number of hydrogen-bond acceptors (Lipinski definition) is 14. The predicted octanol–water partition coefficient (Wildman–Crippen LogP) is 4.91. The first-order valence-corrected chi connectivity index (χ1v) is 38.8. The molecule has 8 rings (SSSR count). The Morgan fingerprint density at radius 2 is 1.20 bits per heavy atom. The summed E-state index contributed by atoms with van der Waals surface area (Å²) in [6, 6.07) is -11.7. The van der Waals surface area contributed by atoms with E-state index < -0.39 is 230 Å². The first-order valence-electron chi connectivity index (χ1n) is 38.8. The zero-order valence-electron chi connectivity index (χ0n) is 64.1. The molecular weight excluding hydrogens is 1430 g/mol. The summed E-state index contributed by atoms with van der Waals surface area (Å²) in [4.78, 5) is 191. The molecule has 2 bridgehead atoms. The minimum absolute atomic E-state index is 0.00178. The Hall–Kier alpha value is -7.00. The van der Waals surface area contributed by atoms with Gasteiger partial charge in [-0.3, -0.25) is 57.5 Å². The normalized spacial score (nSPS) is 32.6. The predicted molar refractivity (Wildman–Crippen MR) is 376 cm³/mol. The van der Waals surface area contributed by atoms with Gasteiger partial charge in [0, 0.05) is 68.5 Å². The topological polar surface area (TPSA) is 300 Å². The highest BCUT2D eigenvalue weighted by Gasteiger charge is 2.57. The van der Waals surface area contributed by atoms with Crippen molar-refractivity contribution >= 4 is 70.9 Å². The summed E-state index contributed by atoms with van der Waals surface area (Å²) in [6.45, 7) is 5.60. The summed E-state index contributed by atoms with van der Waals surface area (Å²) in [5.41, 5.74) is -1.77. The lowest BCUT2D eigenvalue weighted by molar-refractivity contribution is -0.219. The van der Waals surface area contributed by atoms with Gasteiger partial charge in [0.2, 0.25) is 70.9 Å². The fraction of sp³-hybridized carbons (Fsp3) is 0.838. The molecule has 26 nitrogen and oxygen atoms in total.